The summed E-state index contributed by atoms with van der Waals surface area (Å²) in [6, 6.07) is 6.39. The molecule has 1 heterocycles. The Balaban J connectivity index is 2.29. The van der Waals surface area contributed by atoms with E-state index in [1.165, 1.54) is 18.7 Å². The van der Waals surface area contributed by atoms with Crippen LogP contribution in [0.2, 0.25) is 5.02 Å². The predicted molar refractivity (Wildman–Crippen MR) is 76.0 cm³/mol. The fourth-order valence-corrected chi connectivity index (χ4v) is 2.00. The van der Waals surface area contributed by atoms with Crippen LogP contribution in [-0.2, 0) is 6.54 Å². The maximum absolute atomic E-state index is 12.1. The third kappa shape index (κ3) is 3.03. The van der Waals surface area contributed by atoms with Gasteiger partial charge < -0.3 is 4.74 Å². The fourth-order valence-electron chi connectivity index (χ4n) is 1.87. The Morgan fingerprint density at radius 3 is 2.52 bits per heavy atom. The van der Waals surface area contributed by atoms with Crippen LogP contribution in [0.15, 0.2) is 24.3 Å². The Morgan fingerprint density at radius 2 is 2.05 bits per heavy atom. The molecule has 0 spiro atoms. The third-order valence-corrected chi connectivity index (χ3v) is 3.23. The highest BCUT2D eigenvalue weighted by Gasteiger charge is 2.26. The van der Waals surface area contributed by atoms with Crippen LogP contribution in [0, 0.1) is 17.0 Å². The second kappa shape index (κ2) is 5.92. The summed E-state index contributed by atoms with van der Waals surface area (Å²) in [5.74, 6) is -0.337. The van der Waals surface area contributed by atoms with Crippen LogP contribution in [0.25, 0.3) is 0 Å². The summed E-state index contributed by atoms with van der Waals surface area (Å²) >= 11 is 5.76. The monoisotopic (exact) mass is 309 g/mol. The Kier molecular flexibility index (Phi) is 4.23. The largest absolute Gasteiger partial charge is 0.475 e. The van der Waals surface area contributed by atoms with Gasteiger partial charge in [-0.15, -0.1) is 5.10 Å². The number of carbonyl (C=O) groups is 1. The van der Waals surface area contributed by atoms with E-state index < -0.39 is 4.92 Å². The van der Waals surface area contributed by atoms with E-state index in [0.29, 0.717) is 10.6 Å². The highest BCUT2D eigenvalue weighted by molar-refractivity contribution is 6.30. The first-order valence-corrected chi connectivity index (χ1v) is 6.36. The molecule has 110 valence electrons. The van der Waals surface area contributed by atoms with Gasteiger partial charge in [-0.25, -0.2) is 0 Å². The van der Waals surface area contributed by atoms with E-state index in [0.717, 1.165) is 0 Å². The van der Waals surface area contributed by atoms with Gasteiger partial charge in [0.15, 0.2) is 5.78 Å². The first-order chi connectivity index (χ1) is 9.93. The molecular formula is C13H12ClN3O4. The molecule has 0 atom stereocenters. The van der Waals surface area contributed by atoms with Crippen molar-refractivity contribution >= 4 is 23.1 Å². The van der Waals surface area contributed by atoms with Crippen molar-refractivity contribution in [1.29, 1.82) is 0 Å². The molecule has 7 nitrogen and oxygen atoms in total. The highest BCUT2D eigenvalue weighted by Crippen LogP contribution is 2.29. The van der Waals surface area contributed by atoms with Gasteiger partial charge in [0.1, 0.15) is 12.2 Å². The number of nitrogens with zero attached hydrogens (tertiary/aromatic N) is 3. The van der Waals surface area contributed by atoms with Gasteiger partial charge in [-0.1, -0.05) is 11.6 Å². The molecule has 0 radical (unpaired) electrons. The van der Waals surface area contributed by atoms with Crippen molar-refractivity contribution in [1.82, 2.24) is 9.78 Å². The molecule has 1 aromatic heterocycles. The van der Waals surface area contributed by atoms with Gasteiger partial charge in [0.25, 0.3) is 0 Å². The molecule has 0 aliphatic rings. The topological polar surface area (TPSA) is 87.3 Å². The minimum Gasteiger partial charge on any atom is -0.475 e. The molecule has 0 aliphatic heterocycles. The lowest BCUT2D eigenvalue weighted by atomic mass is 10.1. The number of Topliss-reactive ketones (excluding diaryl/α,β-unsaturated/α-hetero) is 1. The molecule has 0 aliphatic carbocycles. The fraction of sp³-hybridized carbons (Fsp3) is 0.231. The molecule has 0 saturated carbocycles. The number of ketones is 1. The Labute approximate surface area is 125 Å². The number of rotatable bonds is 5. The lowest BCUT2D eigenvalue weighted by molar-refractivity contribution is -0.386. The first-order valence-electron chi connectivity index (χ1n) is 5.98. The van der Waals surface area contributed by atoms with Crippen molar-refractivity contribution in [2.75, 3.05) is 7.11 Å². The van der Waals surface area contributed by atoms with Crippen LogP contribution in [0.5, 0.6) is 5.88 Å². The van der Waals surface area contributed by atoms with Crippen LogP contribution < -0.4 is 4.74 Å². The van der Waals surface area contributed by atoms with E-state index in [4.69, 9.17) is 16.3 Å². The molecule has 8 heteroatoms. The average Bonchev–Trinajstić information content (AvgIpc) is 2.76. The molecule has 0 bridgehead atoms. The third-order valence-electron chi connectivity index (χ3n) is 2.98. The van der Waals surface area contributed by atoms with Gasteiger partial charge in [-0.05, 0) is 31.2 Å². The summed E-state index contributed by atoms with van der Waals surface area (Å²) in [7, 11) is 1.29. The standard InChI is InChI=1S/C13H12ClN3O4/c1-8-12(17(19)20)13(21-2)15-16(8)7-11(18)9-3-5-10(14)6-4-9/h3-6H,7H2,1-2H3. The number of hydrogen-bond acceptors (Lipinski definition) is 5. The van der Waals surface area contributed by atoms with Crippen LogP contribution >= 0.6 is 11.6 Å². The molecule has 0 fully saturated rings. The smallest absolute Gasteiger partial charge is 0.352 e. The summed E-state index contributed by atoms with van der Waals surface area (Å²) in [6.07, 6.45) is 0. The molecule has 0 saturated heterocycles. The van der Waals surface area contributed by atoms with Crippen molar-refractivity contribution in [2.24, 2.45) is 0 Å². The van der Waals surface area contributed by atoms with Crippen LogP contribution in [0.3, 0.4) is 0 Å². The zero-order chi connectivity index (χ0) is 15.6. The summed E-state index contributed by atoms with van der Waals surface area (Å²) in [5.41, 5.74) is 0.483. The lowest BCUT2D eigenvalue weighted by Gasteiger charge is -2.03. The van der Waals surface area contributed by atoms with E-state index >= 15 is 0 Å². The van der Waals surface area contributed by atoms with Gasteiger partial charge in [0.2, 0.25) is 0 Å². The number of methoxy groups -OCH3 is 1. The first kappa shape index (κ1) is 15.0. The molecule has 2 rings (SSSR count). The zero-order valence-electron chi connectivity index (χ0n) is 11.4. The van der Waals surface area contributed by atoms with Crippen LogP contribution in [-0.4, -0.2) is 27.6 Å². The van der Waals surface area contributed by atoms with Gasteiger partial charge >= 0.3 is 11.6 Å². The summed E-state index contributed by atoms with van der Waals surface area (Å²) in [6.45, 7) is 1.40. The number of halogens is 1. The van der Waals surface area contributed by atoms with Crippen molar-refractivity contribution in [3.63, 3.8) is 0 Å². The molecular weight excluding hydrogens is 298 g/mol. The van der Waals surface area contributed by atoms with Crippen molar-refractivity contribution in [2.45, 2.75) is 13.5 Å². The minimum absolute atomic E-state index is 0.110. The number of aromatic nitrogens is 2. The van der Waals surface area contributed by atoms with Crippen molar-refractivity contribution in [3.8, 4) is 5.88 Å². The number of nitro groups is 1. The van der Waals surface area contributed by atoms with E-state index in [-0.39, 0.29) is 29.6 Å². The molecule has 21 heavy (non-hydrogen) atoms. The molecule has 0 amide bonds. The normalized spacial score (nSPS) is 10.4. The Morgan fingerprint density at radius 1 is 1.43 bits per heavy atom. The van der Waals surface area contributed by atoms with Crippen molar-refractivity contribution < 1.29 is 14.5 Å². The van der Waals surface area contributed by atoms with E-state index in [1.807, 2.05) is 0 Å². The number of hydrogen-bond donors (Lipinski definition) is 0. The summed E-state index contributed by atoms with van der Waals surface area (Å²) in [4.78, 5) is 22.5. The second-order valence-electron chi connectivity index (χ2n) is 4.29. The molecule has 2 aromatic rings. The van der Waals surface area contributed by atoms with Gasteiger partial charge in [0.05, 0.1) is 12.0 Å². The Bertz CT molecular complexity index is 694. The minimum atomic E-state index is -0.579. The number of ether oxygens (including phenoxy) is 1. The lowest BCUT2D eigenvalue weighted by Crippen LogP contribution is -2.13. The summed E-state index contributed by atoms with van der Waals surface area (Å²) < 4.78 is 6.13. The van der Waals surface area contributed by atoms with Crippen LogP contribution in [0.4, 0.5) is 5.69 Å². The predicted octanol–water partition coefficient (Wildman–Crippen LogP) is 2.64. The summed E-state index contributed by atoms with van der Waals surface area (Å²) in [5, 5.41) is 15.4. The van der Waals surface area contributed by atoms with E-state index in [1.54, 1.807) is 24.3 Å². The number of benzene rings is 1. The maximum atomic E-state index is 12.1. The van der Waals surface area contributed by atoms with Crippen molar-refractivity contribution in [3.05, 3.63) is 50.7 Å². The molecule has 0 unspecified atom stereocenters. The van der Waals surface area contributed by atoms with E-state index in [9.17, 15) is 14.9 Å². The van der Waals surface area contributed by atoms with Gasteiger partial charge in [-0.3, -0.25) is 19.6 Å². The van der Waals surface area contributed by atoms with Gasteiger partial charge in [-0.2, -0.15) is 0 Å². The maximum Gasteiger partial charge on any atom is 0.352 e. The zero-order valence-corrected chi connectivity index (χ0v) is 12.1. The Hall–Kier alpha value is -2.41. The molecule has 0 N–H and O–H groups in total. The highest BCUT2D eigenvalue weighted by atomic mass is 35.5. The second-order valence-corrected chi connectivity index (χ2v) is 4.72. The SMILES string of the molecule is COc1nn(CC(=O)c2ccc(Cl)cc2)c(C)c1[N+](=O)[O-]. The van der Waals surface area contributed by atoms with Gasteiger partial charge in [0, 0.05) is 10.6 Å². The quantitative estimate of drug-likeness (QED) is 0.481. The molecule has 1 aromatic carbocycles. The van der Waals surface area contributed by atoms with Crippen LogP contribution in [0.1, 0.15) is 16.1 Å². The number of carbonyl (C=O) groups excluding carboxylic acids is 1. The van der Waals surface area contributed by atoms with E-state index in [2.05, 4.69) is 5.10 Å². The average molecular weight is 310 g/mol.